The van der Waals surface area contributed by atoms with Gasteiger partial charge in [0.15, 0.2) is 9.47 Å². The van der Waals surface area contributed by atoms with E-state index in [0.29, 0.717) is 26.8 Å². The Morgan fingerprint density at radius 3 is 2.57 bits per heavy atom. The Hall–Kier alpha value is -2.82. The van der Waals surface area contributed by atoms with Crippen LogP contribution >= 0.6 is 34.4 Å². The molecule has 0 bridgehead atoms. The van der Waals surface area contributed by atoms with Crippen molar-refractivity contribution in [1.82, 2.24) is 15.2 Å². The Kier molecular flexibility index (Phi) is 6.36. The van der Waals surface area contributed by atoms with Gasteiger partial charge in [0.2, 0.25) is 11.0 Å². The fraction of sp³-hybridized carbons (Fsp3) is 0.100. The third-order valence-electron chi connectivity index (χ3n) is 4.09. The standard InChI is InChI=1S/C20H16FN5OS3/c21-15-8-6-14(7-9-15)16-11-28-19(23-16)26(10-13-4-2-1-3-5-13)17(27)12-29-20-25-24-18(22)30-20/h1-9,11H,10,12H2,(H2,22,24). The van der Waals surface area contributed by atoms with Crippen LogP contribution in [0.25, 0.3) is 11.3 Å². The molecule has 2 heterocycles. The van der Waals surface area contributed by atoms with E-state index in [0.717, 1.165) is 11.1 Å². The lowest BCUT2D eigenvalue weighted by atomic mass is 10.2. The Morgan fingerprint density at radius 1 is 1.10 bits per heavy atom. The van der Waals surface area contributed by atoms with Gasteiger partial charge in [-0.05, 0) is 29.8 Å². The number of halogens is 1. The monoisotopic (exact) mass is 457 g/mol. The van der Waals surface area contributed by atoms with Gasteiger partial charge in [-0.15, -0.1) is 21.5 Å². The van der Waals surface area contributed by atoms with E-state index in [-0.39, 0.29) is 17.5 Å². The van der Waals surface area contributed by atoms with Crippen LogP contribution in [0.15, 0.2) is 64.3 Å². The number of carbonyl (C=O) groups is 1. The molecule has 0 aliphatic carbocycles. The van der Waals surface area contributed by atoms with E-state index in [1.807, 2.05) is 35.7 Å². The maximum atomic E-state index is 13.2. The number of hydrogen-bond donors (Lipinski definition) is 1. The first-order chi connectivity index (χ1) is 14.6. The van der Waals surface area contributed by atoms with Gasteiger partial charge in [-0.2, -0.15) is 0 Å². The van der Waals surface area contributed by atoms with Crippen LogP contribution in [0.2, 0.25) is 0 Å². The Labute approximate surface area is 184 Å². The van der Waals surface area contributed by atoms with Crippen LogP contribution < -0.4 is 10.6 Å². The highest BCUT2D eigenvalue weighted by molar-refractivity contribution is 8.01. The molecular weight excluding hydrogens is 441 g/mol. The summed E-state index contributed by atoms with van der Waals surface area (Å²) in [6, 6.07) is 15.9. The smallest absolute Gasteiger partial charge is 0.239 e. The molecule has 0 atom stereocenters. The van der Waals surface area contributed by atoms with Crippen LogP contribution in [0.5, 0.6) is 0 Å². The molecule has 0 radical (unpaired) electrons. The molecule has 2 aromatic heterocycles. The molecule has 2 N–H and O–H groups in total. The number of hydrogen-bond acceptors (Lipinski definition) is 8. The summed E-state index contributed by atoms with van der Waals surface area (Å²) in [5, 5.41) is 10.5. The van der Waals surface area contributed by atoms with Crippen LogP contribution in [0.4, 0.5) is 14.7 Å². The maximum Gasteiger partial charge on any atom is 0.239 e. The summed E-state index contributed by atoms with van der Waals surface area (Å²) in [5.74, 6) is -0.213. The second-order valence-corrected chi connectivity index (χ2v) is 9.25. The van der Waals surface area contributed by atoms with Crippen LogP contribution in [-0.2, 0) is 11.3 Å². The van der Waals surface area contributed by atoms with Crippen molar-refractivity contribution in [3.8, 4) is 11.3 Å². The van der Waals surface area contributed by atoms with Crippen molar-refractivity contribution in [2.45, 2.75) is 10.9 Å². The van der Waals surface area contributed by atoms with Gasteiger partial charge in [0.05, 0.1) is 18.0 Å². The quantitative estimate of drug-likeness (QED) is 0.405. The van der Waals surface area contributed by atoms with Gasteiger partial charge in [-0.3, -0.25) is 9.69 Å². The number of thiazole rings is 1. The van der Waals surface area contributed by atoms with Gasteiger partial charge in [0, 0.05) is 10.9 Å². The second kappa shape index (κ2) is 9.33. The molecule has 0 fully saturated rings. The molecule has 6 nitrogen and oxygen atoms in total. The Morgan fingerprint density at radius 2 is 1.87 bits per heavy atom. The molecule has 1 amide bonds. The van der Waals surface area contributed by atoms with Crippen LogP contribution in [0, 0.1) is 5.82 Å². The van der Waals surface area contributed by atoms with E-state index >= 15 is 0 Å². The van der Waals surface area contributed by atoms with Crippen LogP contribution in [0.3, 0.4) is 0 Å². The van der Waals surface area contributed by atoms with E-state index in [2.05, 4.69) is 15.2 Å². The van der Waals surface area contributed by atoms with Gasteiger partial charge >= 0.3 is 0 Å². The molecule has 4 aromatic rings. The predicted molar refractivity (Wildman–Crippen MR) is 120 cm³/mol. The summed E-state index contributed by atoms with van der Waals surface area (Å²) in [7, 11) is 0. The van der Waals surface area contributed by atoms with Crippen molar-refractivity contribution in [3.05, 3.63) is 71.4 Å². The largest absolute Gasteiger partial charge is 0.374 e. The molecule has 30 heavy (non-hydrogen) atoms. The second-order valence-electron chi connectivity index (χ2n) is 6.18. The molecule has 0 saturated heterocycles. The van der Waals surface area contributed by atoms with Gasteiger partial charge in [-0.1, -0.05) is 53.4 Å². The van der Waals surface area contributed by atoms with Gasteiger partial charge < -0.3 is 5.73 Å². The van der Waals surface area contributed by atoms with E-state index in [4.69, 9.17) is 5.73 Å². The highest BCUT2D eigenvalue weighted by atomic mass is 32.2. The van der Waals surface area contributed by atoms with Crippen molar-refractivity contribution in [2.24, 2.45) is 0 Å². The summed E-state index contributed by atoms with van der Waals surface area (Å²) in [4.78, 5) is 19.4. The molecule has 4 rings (SSSR count). The summed E-state index contributed by atoms with van der Waals surface area (Å²) in [5.41, 5.74) is 8.10. The first kappa shape index (κ1) is 20.5. The number of benzene rings is 2. The van der Waals surface area contributed by atoms with E-state index in [1.165, 1.54) is 46.6 Å². The molecule has 0 saturated carbocycles. The average molecular weight is 458 g/mol. The topological polar surface area (TPSA) is 85.0 Å². The van der Waals surface area contributed by atoms with Gasteiger partial charge in [0.1, 0.15) is 5.82 Å². The molecule has 152 valence electrons. The van der Waals surface area contributed by atoms with E-state index < -0.39 is 0 Å². The maximum absolute atomic E-state index is 13.2. The zero-order valence-electron chi connectivity index (χ0n) is 15.6. The van der Waals surface area contributed by atoms with Gasteiger partial charge in [0.25, 0.3) is 0 Å². The van der Waals surface area contributed by atoms with E-state index in [1.54, 1.807) is 17.0 Å². The van der Waals surface area contributed by atoms with Crippen molar-refractivity contribution in [1.29, 1.82) is 0 Å². The number of aromatic nitrogens is 3. The van der Waals surface area contributed by atoms with E-state index in [9.17, 15) is 9.18 Å². The summed E-state index contributed by atoms with van der Waals surface area (Å²) in [6.45, 7) is 0.398. The lowest BCUT2D eigenvalue weighted by Gasteiger charge is -2.19. The highest BCUT2D eigenvalue weighted by Gasteiger charge is 2.21. The molecule has 0 aliphatic rings. The third-order valence-corrected chi connectivity index (χ3v) is 6.82. The van der Waals surface area contributed by atoms with Crippen LogP contribution in [0.1, 0.15) is 5.56 Å². The lowest BCUT2D eigenvalue weighted by molar-refractivity contribution is -0.116. The fourth-order valence-corrected chi connectivity index (χ4v) is 5.01. The molecular formula is C20H16FN5OS3. The number of carbonyl (C=O) groups excluding carboxylic acids is 1. The summed E-state index contributed by atoms with van der Waals surface area (Å²) in [6.07, 6.45) is 0. The molecule has 0 spiro atoms. The predicted octanol–water partition coefficient (Wildman–Crippen LogP) is 4.71. The minimum absolute atomic E-state index is 0.0994. The normalized spacial score (nSPS) is 10.8. The Balaban J connectivity index is 1.56. The SMILES string of the molecule is Nc1nnc(SCC(=O)N(Cc2ccccc2)c2nc(-c3ccc(F)cc3)cs2)s1. The number of thioether (sulfide) groups is 1. The number of nitrogens with two attached hydrogens (primary N) is 1. The minimum atomic E-state index is -0.301. The Bertz CT molecular complexity index is 1130. The number of nitrogen functional groups attached to an aromatic ring is 1. The molecule has 10 heteroatoms. The fourth-order valence-electron chi connectivity index (χ4n) is 2.65. The highest BCUT2D eigenvalue weighted by Crippen LogP contribution is 2.30. The zero-order chi connectivity index (χ0) is 20.9. The average Bonchev–Trinajstić information content (AvgIpc) is 3.41. The van der Waals surface area contributed by atoms with Crippen molar-refractivity contribution in [2.75, 3.05) is 16.4 Å². The summed E-state index contributed by atoms with van der Waals surface area (Å²) < 4.78 is 13.9. The zero-order valence-corrected chi connectivity index (χ0v) is 18.0. The molecule has 2 aromatic carbocycles. The number of rotatable bonds is 7. The first-order valence-corrected chi connectivity index (χ1v) is 11.5. The van der Waals surface area contributed by atoms with Crippen molar-refractivity contribution >= 4 is 50.6 Å². The minimum Gasteiger partial charge on any atom is -0.374 e. The molecule has 0 aliphatic heterocycles. The summed E-state index contributed by atoms with van der Waals surface area (Å²) >= 11 is 3.92. The first-order valence-electron chi connectivity index (χ1n) is 8.86. The number of nitrogens with zero attached hydrogens (tertiary/aromatic N) is 4. The third kappa shape index (κ3) is 5.02. The number of anilines is 2. The van der Waals surface area contributed by atoms with Crippen molar-refractivity contribution in [3.63, 3.8) is 0 Å². The lowest BCUT2D eigenvalue weighted by Crippen LogP contribution is -2.31. The number of amides is 1. The van der Waals surface area contributed by atoms with Gasteiger partial charge in [-0.25, -0.2) is 9.37 Å². The van der Waals surface area contributed by atoms with Crippen LogP contribution in [-0.4, -0.2) is 26.8 Å². The van der Waals surface area contributed by atoms with Crippen molar-refractivity contribution < 1.29 is 9.18 Å². The molecule has 0 unspecified atom stereocenters.